The summed E-state index contributed by atoms with van der Waals surface area (Å²) in [6.45, 7) is 0.240. The first-order chi connectivity index (χ1) is 6.16. The summed E-state index contributed by atoms with van der Waals surface area (Å²) in [6.07, 6.45) is 0. The van der Waals surface area contributed by atoms with Crippen molar-refractivity contribution in [2.24, 2.45) is 11.5 Å². The summed E-state index contributed by atoms with van der Waals surface area (Å²) in [5, 5.41) is 8.81. The molecule has 70 valence electrons. The van der Waals surface area contributed by atoms with Gasteiger partial charge in [0.2, 0.25) is 0 Å². The molecule has 0 saturated carbocycles. The van der Waals surface area contributed by atoms with Gasteiger partial charge in [0.1, 0.15) is 0 Å². The molecule has 0 aliphatic carbocycles. The van der Waals surface area contributed by atoms with Crippen molar-refractivity contribution in [3.8, 4) is 0 Å². The fourth-order valence-electron chi connectivity index (χ4n) is 1.14. The van der Waals surface area contributed by atoms with Gasteiger partial charge in [0.15, 0.2) is 0 Å². The van der Waals surface area contributed by atoms with Crippen molar-refractivity contribution in [2.45, 2.75) is 6.04 Å². The molecule has 0 amide bonds. The molecule has 0 saturated heterocycles. The molecule has 1 aromatic rings. The predicted molar refractivity (Wildman–Crippen MR) is 49.4 cm³/mol. The minimum absolute atomic E-state index is 0.223. The van der Waals surface area contributed by atoms with Crippen LogP contribution in [-0.2, 0) is 0 Å². The summed E-state index contributed by atoms with van der Waals surface area (Å²) in [5.74, 6) is -0.973. The van der Waals surface area contributed by atoms with E-state index >= 15 is 0 Å². The Hall–Kier alpha value is -1.39. The molecular weight excluding hydrogens is 168 g/mol. The summed E-state index contributed by atoms with van der Waals surface area (Å²) in [6, 6.07) is 6.20. The molecule has 0 aromatic heterocycles. The Morgan fingerprint density at radius 3 is 2.62 bits per heavy atom. The Morgan fingerprint density at radius 1 is 1.46 bits per heavy atom. The molecule has 0 heterocycles. The first kappa shape index (κ1) is 9.70. The molecule has 0 radical (unpaired) electrons. The van der Waals surface area contributed by atoms with Crippen molar-refractivity contribution in [3.63, 3.8) is 0 Å². The highest BCUT2D eigenvalue weighted by Gasteiger charge is 2.13. The average molecular weight is 180 g/mol. The van der Waals surface area contributed by atoms with E-state index in [1.54, 1.807) is 18.2 Å². The molecule has 0 aliphatic heterocycles. The van der Waals surface area contributed by atoms with E-state index < -0.39 is 12.0 Å². The van der Waals surface area contributed by atoms with Crippen LogP contribution in [0.1, 0.15) is 22.0 Å². The van der Waals surface area contributed by atoms with Gasteiger partial charge in [0.25, 0.3) is 0 Å². The third kappa shape index (κ3) is 2.05. The Kier molecular flexibility index (Phi) is 3.00. The second-order valence-corrected chi connectivity index (χ2v) is 2.73. The highest BCUT2D eigenvalue weighted by atomic mass is 16.4. The van der Waals surface area contributed by atoms with Crippen molar-refractivity contribution in [2.75, 3.05) is 6.54 Å². The number of hydrogen-bond acceptors (Lipinski definition) is 3. The SMILES string of the molecule is NCC(N)c1ccccc1C(=O)O. The molecule has 13 heavy (non-hydrogen) atoms. The van der Waals surface area contributed by atoms with Crippen molar-refractivity contribution < 1.29 is 9.90 Å². The monoisotopic (exact) mass is 180 g/mol. The summed E-state index contributed by atoms with van der Waals surface area (Å²) in [4.78, 5) is 10.7. The number of rotatable bonds is 3. The number of aromatic carboxylic acids is 1. The first-order valence-electron chi connectivity index (χ1n) is 3.94. The Balaban J connectivity index is 3.11. The van der Waals surface area contributed by atoms with Gasteiger partial charge in [0.05, 0.1) is 5.56 Å². The summed E-state index contributed by atoms with van der Waals surface area (Å²) in [5.41, 5.74) is 11.8. The predicted octanol–water partition coefficient (Wildman–Crippen LogP) is 0.343. The normalized spacial score (nSPS) is 12.5. The van der Waals surface area contributed by atoms with Gasteiger partial charge in [-0.1, -0.05) is 18.2 Å². The van der Waals surface area contributed by atoms with Crippen LogP contribution in [0.4, 0.5) is 0 Å². The molecular formula is C9H12N2O2. The standard InChI is InChI=1S/C9H12N2O2/c10-5-8(11)6-3-1-2-4-7(6)9(12)13/h1-4,8H,5,10-11H2,(H,12,13). The van der Waals surface area contributed by atoms with Gasteiger partial charge in [0, 0.05) is 12.6 Å². The van der Waals surface area contributed by atoms with E-state index in [1.807, 2.05) is 0 Å². The lowest BCUT2D eigenvalue weighted by atomic mass is 10.0. The van der Waals surface area contributed by atoms with E-state index in [1.165, 1.54) is 6.07 Å². The zero-order valence-corrected chi connectivity index (χ0v) is 7.10. The lowest BCUT2D eigenvalue weighted by Gasteiger charge is -2.11. The number of carboxylic acids is 1. The Bertz CT molecular complexity index is 312. The molecule has 0 aliphatic rings. The van der Waals surface area contributed by atoms with Crippen LogP contribution >= 0.6 is 0 Å². The van der Waals surface area contributed by atoms with Crippen LogP contribution in [0.5, 0.6) is 0 Å². The average Bonchev–Trinajstić information content (AvgIpc) is 2.16. The van der Waals surface area contributed by atoms with Crippen LogP contribution in [-0.4, -0.2) is 17.6 Å². The van der Waals surface area contributed by atoms with Crippen molar-refractivity contribution >= 4 is 5.97 Å². The second-order valence-electron chi connectivity index (χ2n) is 2.73. The van der Waals surface area contributed by atoms with Crippen LogP contribution in [0.25, 0.3) is 0 Å². The van der Waals surface area contributed by atoms with E-state index in [2.05, 4.69) is 0 Å². The molecule has 4 nitrogen and oxygen atoms in total. The maximum Gasteiger partial charge on any atom is 0.336 e. The van der Waals surface area contributed by atoms with E-state index in [0.29, 0.717) is 5.56 Å². The lowest BCUT2D eigenvalue weighted by molar-refractivity contribution is 0.0695. The fourth-order valence-corrected chi connectivity index (χ4v) is 1.14. The lowest BCUT2D eigenvalue weighted by Crippen LogP contribution is -2.23. The molecule has 0 spiro atoms. The van der Waals surface area contributed by atoms with E-state index in [9.17, 15) is 4.79 Å². The number of nitrogens with two attached hydrogens (primary N) is 2. The maximum absolute atomic E-state index is 10.7. The molecule has 0 fully saturated rings. The van der Waals surface area contributed by atoms with Gasteiger partial charge in [-0.25, -0.2) is 4.79 Å². The van der Waals surface area contributed by atoms with Crippen LogP contribution in [0.15, 0.2) is 24.3 Å². The quantitative estimate of drug-likeness (QED) is 0.625. The van der Waals surface area contributed by atoms with Gasteiger partial charge in [-0.15, -0.1) is 0 Å². The van der Waals surface area contributed by atoms with E-state index in [-0.39, 0.29) is 12.1 Å². The molecule has 4 heteroatoms. The van der Waals surface area contributed by atoms with Gasteiger partial charge >= 0.3 is 5.97 Å². The number of benzene rings is 1. The first-order valence-corrected chi connectivity index (χ1v) is 3.94. The molecule has 1 unspecified atom stereocenters. The van der Waals surface area contributed by atoms with Crippen LogP contribution < -0.4 is 11.5 Å². The minimum atomic E-state index is -0.973. The van der Waals surface area contributed by atoms with Gasteiger partial charge in [-0.05, 0) is 11.6 Å². The summed E-state index contributed by atoms with van der Waals surface area (Å²) >= 11 is 0. The van der Waals surface area contributed by atoms with Crippen LogP contribution in [0.3, 0.4) is 0 Å². The topological polar surface area (TPSA) is 89.3 Å². The zero-order valence-electron chi connectivity index (χ0n) is 7.10. The van der Waals surface area contributed by atoms with Gasteiger partial charge in [-0.2, -0.15) is 0 Å². The van der Waals surface area contributed by atoms with Crippen molar-refractivity contribution in [3.05, 3.63) is 35.4 Å². The highest BCUT2D eigenvalue weighted by molar-refractivity contribution is 5.89. The molecule has 0 bridgehead atoms. The summed E-state index contributed by atoms with van der Waals surface area (Å²) < 4.78 is 0. The van der Waals surface area contributed by atoms with E-state index in [4.69, 9.17) is 16.6 Å². The minimum Gasteiger partial charge on any atom is -0.478 e. The Morgan fingerprint density at radius 2 is 2.08 bits per heavy atom. The van der Waals surface area contributed by atoms with Gasteiger partial charge in [-0.3, -0.25) is 0 Å². The summed E-state index contributed by atoms with van der Waals surface area (Å²) in [7, 11) is 0. The second kappa shape index (κ2) is 4.02. The third-order valence-electron chi connectivity index (χ3n) is 1.84. The number of carboxylic acid groups (broad SMARTS) is 1. The van der Waals surface area contributed by atoms with Gasteiger partial charge < -0.3 is 16.6 Å². The molecule has 5 N–H and O–H groups in total. The van der Waals surface area contributed by atoms with E-state index in [0.717, 1.165) is 0 Å². The largest absolute Gasteiger partial charge is 0.478 e. The highest BCUT2D eigenvalue weighted by Crippen LogP contribution is 2.14. The van der Waals surface area contributed by atoms with Crippen LogP contribution in [0, 0.1) is 0 Å². The van der Waals surface area contributed by atoms with Crippen molar-refractivity contribution in [1.29, 1.82) is 0 Å². The number of carbonyl (C=O) groups is 1. The number of hydrogen-bond donors (Lipinski definition) is 3. The Labute approximate surface area is 76.2 Å². The fraction of sp³-hybridized carbons (Fsp3) is 0.222. The molecule has 1 rings (SSSR count). The zero-order chi connectivity index (χ0) is 9.84. The molecule has 1 aromatic carbocycles. The van der Waals surface area contributed by atoms with Crippen LogP contribution in [0.2, 0.25) is 0 Å². The maximum atomic E-state index is 10.7. The molecule has 1 atom stereocenters. The van der Waals surface area contributed by atoms with Crippen molar-refractivity contribution in [1.82, 2.24) is 0 Å². The third-order valence-corrected chi connectivity index (χ3v) is 1.84. The smallest absolute Gasteiger partial charge is 0.336 e.